The Balaban J connectivity index is 2.94. The molecule has 0 aliphatic heterocycles. The van der Waals surface area contributed by atoms with Crippen LogP contribution in [0.4, 0.5) is 5.69 Å². The molecular weight excluding hydrogens is 218 g/mol. The molecule has 0 saturated heterocycles. The van der Waals surface area contributed by atoms with Crippen LogP contribution in [0.15, 0.2) is 18.2 Å². The number of carboxylic acid groups (broad SMARTS) is 1. The summed E-state index contributed by atoms with van der Waals surface area (Å²) in [5.41, 5.74) is 1.42. The standard InChI is InChI=1S/C13H17NO3/c1-4-8(2)12(15)14-11-7-10(13(16)17)6-5-9(11)3/h5-8H,4H2,1-3H3,(H,14,15)(H,16,17)/p-1/t8-/m1/s1. The van der Waals surface area contributed by atoms with Gasteiger partial charge in [0.1, 0.15) is 0 Å². The van der Waals surface area contributed by atoms with Crippen LogP contribution in [0.25, 0.3) is 0 Å². The van der Waals surface area contributed by atoms with Gasteiger partial charge in [-0.25, -0.2) is 0 Å². The lowest BCUT2D eigenvalue weighted by Crippen LogP contribution is -2.23. The Bertz CT molecular complexity index is 440. The van der Waals surface area contributed by atoms with Crippen LogP contribution in [0, 0.1) is 12.8 Å². The van der Waals surface area contributed by atoms with E-state index in [0.29, 0.717) is 5.69 Å². The van der Waals surface area contributed by atoms with Crippen LogP contribution in [0.2, 0.25) is 0 Å². The molecule has 0 aliphatic carbocycles. The normalized spacial score (nSPS) is 11.9. The molecule has 0 fully saturated rings. The minimum Gasteiger partial charge on any atom is -0.545 e. The van der Waals surface area contributed by atoms with Crippen molar-refractivity contribution in [2.24, 2.45) is 5.92 Å². The van der Waals surface area contributed by atoms with Crippen molar-refractivity contribution in [3.63, 3.8) is 0 Å². The minimum atomic E-state index is -1.25. The van der Waals surface area contributed by atoms with Gasteiger partial charge in [0.25, 0.3) is 0 Å². The van der Waals surface area contributed by atoms with Crippen LogP contribution in [0.1, 0.15) is 36.2 Å². The number of carboxylic acids is 1. The molecule has 1 rings (SSSR count). The van der Waals surface area contributed by atoms with Gasteiger partial charge in [-0.05, 0) is 30.5 Å². The maximum atomic E-state index is 11.7. The number of rotatable bonds is 4. The van der Waals surface area contributed by atoms with Crippen LogP contribution < -0.4 is 10.4 Å². The molecule has 0 bridgehead atoms. The lowest BCUT2D eigenvalue weighted by Gasteiger charge is -2.13. The number of hydrogen-bond acceptors (Lipinski definition) is 3. The first-order valence-corrected chi connectivity index (χ1v) is 5.58. The molecule has 0 aliphatic rings. The molecular formula is C13H16NO3-. The topological polar surface area (TPSA) is 69.2 Å². The highest BCUT2D eigenvalue weighted by molar-refractivity contribution is 5.95. The molecule has 17 heavy (non-hydrogen) atoms. The Morgan fingerprint density at radius 1 is 1.41 bits per heavy atom. The zero-order chi connectivity index (χ0) is 13.0. The van der Waals surface area contributed by atoms with E-state index in [2.05, 4.69) is 5.32 Å². The number of amides is 1. The van der Waals surface area contributed by atoms with Gasteiger partial charge in [0.05, 0.1) is 5.97 Å². The van der Waals surface area contributed by atoms with E-state index in [4.69, 9.17) is 0 Å². The van der Waals surface area contributed by atoms with E-state index in [-0.39, 0.29) is 17.4 Å². The lowest BCUT2D eigenvalue weighted by molar-refractivity contribution is -0.255. The Labute approximate surface area is 101 Å². The molecule has 0 unspecified atom stereocenters. The van der Waals surface area contributed by atoms with Crippen molar-refractivity contribution in [1.29, 1.82) is 0 Å². The van der Waals surface area contributed by atoms with Gasteiger partial charge < -0.3 is 15.2 Å². The number of anilines is 1. The molecule has 1 atom stereocenters. The molecule has 0 aromatic heterocycles. The predicted octanol–water partition coefficient (Wildman–Crippen LogP) is 1.34. The number of aromatic carboxylic acids is 1. The van der Waals surface area contributed by atoms with Crippen molar-refractivity contribution < 1.29 is 14.7 Å². The van der Waals surface area contributed by atoms with E-state index in [0.717, 1.165) is 12.0 Å². The van der Waals surface area contributed by atoms with Crippen molar-refractivity contribution in [2.45, 2.75) is 27.2 Å². The SMILES string of the molecule is CC[C@@H](C)C(=O)Nc1cc(C(=O)[O-])ccc1C. The largest absolute Gasteiger partial charge is 0.545 e. The van der Waals surface area contributed by atoms with Crippen molar-refractivity contribution >= 4 is 17.6 Å². The van der Waals surface area contributed by atoms with E-state index < -0.39 is 5.97 Å². The molecule has 1 N–H and O–H groups in total. The van der Waals surface area contributed by atoms with Crippen LogP contribution in [-0.4, -0.2) is 11.9 Å². The zero-order valence-electron chi connectivity index (χ0n) is 10.2. The first kappa shape index (κ1) is 13.2. The third-order valence-corrected chi connectivity index (χ3v) is 2.79. The molecule has 0 saturated carbocycles. The highest BCUT2D eigenvalue weighted by atomic mass is 16.4. The van der Waals surface area contributed by atoms with Crippen molar-refractivity contribution in [2.75, 3.05) is 5.32 Å². The van der Waals surface area contributed by atoms with Crippen LogP contribution in [0.5, 0.6) is 0 Å². The maximum absolute atomic E-state index is 11.7. The monoisotopic (exact) mass is 234 g/mol. The number of carbonyl (C=O) groups is 2. The molecule has 0 spiro atoms. The molecule has 0 heterocycles. The van der Waals surface area contributed by atoms with Gasteiger partial charge in [0.2, 0.25) is 5.91 Å². The van der Waals surface area contributed by atoms with Crippen LogP contribution >= 0.6 is 0 Å². The number of hydrogen-bond donors (Lipinski definition) is 1. The van der Waals surface area contributed by atoms with Crippen molar-refractivity contribution in [3.8, 4) is 0 Å². The smallest absolute Gasteiger partial charge is 0.227 e. The number of carbonyl (C=O) groups excluding carboxylic acids is 2. The molecule has 4 heteroatoms. The summed E-state index contributed by atoms with van der Waals surface area (Å²) >= 11 is 0. The summed E-state index contributed by atoms with van der Waals surface area (Å²) in [5, 5.41) is 13.4. The fourth-order valence-corrected chi connectivity index (χ4v) is 1.32. The van der Waals surface area contributed by atoms with Gasteiger partial charge in [-0.1, -0.05) is 26.0 Å². The molecule has 1 amide bonds. The summed E-state index contributed by atoms with van der Waals surface area (Å²) in [5.74, 6) is -1.45. The zero-order valence-corrected chi connectivity index (χ0v) is 10.2. The average Bonchev–Trinajstić information content (AvgIpc) is 2.30. The summed E-state index contributed by atoms with van der Waals surface area (Å²) in [6, 6.07) is 4.53. The fraction of sp³-hybridized carbons (Fsp3) is 0.385. The van der Waals surface area contributed by atoms with Gasteiger partial charge in [0.15, 0.2) is 0 Å². The second kappa shape index (κ2) is 5.48. The Morgan fingerprint density at radius 2 is 2.06 bits per heavy atom. The number of aryl methyl sites for hydroxylation is 1. The number of benzene rings is 1. The summed E-state index contributed by atoms with van der Waals surface area (Å²) in [6.07, 6.45) is 0.741. The van der Waals surface area contributed by atoms with Gasteiger partial charge >= 0.3 is 0 Å². The fourth-order valence-electron chi connectivity index (χ4n) is 1.32. The van der Waals surface area contributed by atoms with E-state index in [9.17, 15) is 14.7 Å². The third kappa shape index (κ3) is 3.31. The molecule has 4 nitrogen and oxygen atoms in total. The van der Waals surface area contributed by atoms with Gasteiger partial charge in [0, 0.05) is 11.6 Å². The van der Waals surface area contributed by atoms with Gasteiger partial charge in [-0.3, -0.25) is 4.79 Å². The first-order valence-electron chi connectivity index (χ1n) is 5.58. The summed E-state index contributed by atoms with van der Waals surface area (Å²) in [7, 11) is 0. The predicted molar refractivity (Wildman–Crippen MR) is 63.6 cm³/mol. The van der Waals surface area contributed by atoms with Crippen molar-refractivity contribution in [3.05, 3.63) is 29.3 Å². The second-order valence-corrected chi connectivity index (χ2v) is 4.12. The number of nitrogens with one attached hydrogen (secondary N) is 1. The molecule has 0 radical (unpaired) electrons. The first-order chi connectivity index (χ1) is 7.95. The molecule has 92 valence electrons. The van der Waals surface area contributed by atoms with E-state index in [1.165, 1.54) is 12.1 Å². The van der Waals surface area contributed by atoms with Crippen molar-refractivity contribution in [1.82, 2.24) is 0 Å². The van der Waals surface area contributed by atoms with Gasteiger partial charge in [-0.2, -0.15) is 0 Å². The molecule has 1 aromatic rings. The summed E-state index contributed by atoms with van der Waals surface area (Å²) < 4.78 is 0. The van der Waals surface area contributed by atoms with E-state index in [1.54, 1.807) is 6.07 Å². The summed E-state index contributed by atoms with van der Waals surface area (Å²) in [6.45, 7) is 5.56. The second-order valence-electron chi connectivity index (χ2n) is 4.12. The lowest BCUT2D eigenvalue weighted by atomic mass is 10.1. The Morgan fingerprint density at radius 3 is 2.59 bits per heavy atom. The minimum absolute atomic E-state index is 0.0649. The highest BCUT2D eigenvalue weighted by Crippen LogP contribution is 2.18. The molecule has 1 aromatic carbocycles. The average molecular weight is 234 g/mol. The summed E-state index contributed by atoms with van der Waals surface area (Å²) in [4.78, 5) is 22.4. The van der Waals surface area contributed by atoms with Crippen LogP contribution in [-0.2, 0) is 4.79 Å². The van der Waals surface area contributed by atoms with E-state index in [1.807, 2.05) is 20.8 Å². The quantitative estimate of drug-likeness (QED) is 0.854. The van der Waals surface area contributed by atoms with Gasteiger partial charge in [-0.15, -0.1) is 0 Å². The Hall–Kier alpha value is -1.84. The highest BCUT2D eigenvalue weighted by Gasteiger charge is 2.12. The maximum Gasteiger partial charge on any atom is 0.227 e. The third-order valence-electron chi connectivity index (χ3n) is 2.79. The Kier molecular flexibility index (Phi) is 4.26. The van der Waals surface area contributed by atoms with E-state index >= 15 is 0 Å². The van der Waals surface area contributed by atoms with Crippen LogP contribution in [0.3, 0.4) is 0 Å².